The minimum Gasteiger partial charge on any atom is -0.361 e. The highest BCUT2D eigenvalue weighted by atomic mass is 16.2. The number of fused-ring (bicyclic) bond motifs is 3. The summed E-state index contributed by atoms with van der Waals surface area (Å²) in [6.07, 6.45) is 7.05. The van der Waals surface area contributed by atoms with E-state index in [1.54, 1.807) is 0 Å². The molecule has 2 aliphatic rings. The molecule has 0 unspecified atom stereocenters. The van der Waals surface area contributed by atoms with Crippen LogP contribution in [-0.4, -0.2) is 34.9 Å². The van der Waals surface area contributed by atoms with Crippen molar-refractivity contribution >= 4 is 16.8 Å². The van der Waals surface area contributed by atoms with E-state index in [0.717, 1.165) is 42.4 Å². The molecule has 3 aromatic rings. The maximum absolute atomic E-state index is 13.0. The van der Waals surface area contributed by atoms with Crippen molar-refractivity contribution in [1.82, 2.24) is 9.88 Å². The van der Waals surface area contributed by atoms with Crippen LogP contribution in [0.2, 0.25) is 0 Å². The van der Waals surface area contributed by atoms with E-state index in [0.29, 0.717) is 6.42 Å². The normalized spacial score (nSPS) is 19.1. The fraction of sp³-hybridized carbons (Fsp3) is 0.375. The van der Waals surface area contributed by atoms with E-state index in [9.17, 15) is 4.79 Å². The van der Waals surface area contributed by atoms with Gasteiger partial charge in [0.25, 0.3) is 0 Å². The van der Waals surface area contributed by atoms with Crippen molar-refractivity contribution in [2.45, 2.75) is 43.6 Å². The van der Waals surface area contributed by atoms with Gasteiger partial charge in [0.1, 0.15) is 0 Å². The summed E-state index contributed by atoms with van der Waals surface area (Å²) < 4.78 is 0. The van der Waals surface area contributed by atoms with Crippen molar-refractivity contribution in [3.8, 4) is 0 Å². The topological polar surface area (TPSA) is 62.1 Å². The molecule has 1 spiro atoms. The highest BCUT2D eigenvalue weighted by molar-refractivity contribution is 5.86. The van der Waals surface area contributed by atoms with Gasteiger partial charge >= 0.3 is 0 Å². The number of nitrogens with zero attached hydrogens (tertiary/aromatic N) is 1. The van der Waals surface area contributed by atoms with Gasteiger partial charge in [-0.05, 0) is 60.3 Å². The Hall–Kier alpha value is -2.59. The van der Waals surface area contributed by atoms with Crippen LogP contribution in [0.15, 0.2) is 54.7 Å². The Kier molecular flexibility index (Phi) is 4.24. The number of para-hydroxylation sites is 1. The lowest BCUT2D eigenvalue weighted by Gasteiger charge is -2.41. The van der Waals surface area contributed by atoms with Crippen LogP contribution in [0, 0.1) is 0 Å². The van der Waals surface area contributed by atoms with Gasteiger partial charge in [-0.1, -0.05) is 42.5 Å². The van der Waals surface area contributed by atoms with E-state index >= 15 is 0 Å². The molecule has 1 saturated heterocycles. The van der Waals surface area contributed by atoms with Crippen LogP contribution in [0.4, 0.5) is 0 Å². The van der Waals surface area contributed by atoms with Crippen LogP contribution in [0.3, 0.4) is 0 Å². The number of hydrogen-bond acceptors (Lipinski definition) is 2. The van der Waals surface area contributed by atoms with Crippen molar-refractivity contribution < 1.29 is 4.79 Å². The maximum Gasteiger partial charge on any atom is 0.239 e. The Bertz CT molecular complexity index is 1010. The molecule has 1 fully saturated rings. The summed E-state index contributed by atoms with van der Waals surface area (Å²) in [6, 6.07) is 16.5. The molecule has 0 bridgehead atoms. The molecule has 0 radical (unpaired) electrons. The first-order valence-corrected chi connectivity index (χ1v) is 10.3. The summed E-state index contributed by atoms with van der Waals surface area (Å²) in [5, 5.41) is 1.16. The Morgan fingerprint density at radius 1 is 1.07 bits per heavy atom. The second-order valence-corrected chi connectivity index (χ2v) is 8.43. The van der Waals surface area contributed by atoms with Gasteiger partial charge in [-0.2, -0.15) is 0 Å². The molecule has 4 nitrogen and oxygen atoms in total. The van der Waals surface area contributed by atoms with Gasteiger partial charge in [0, 0.05) is 30.2 Å². The van der Waals surface area contributed by atoms with E-state index in [1.807, 2.05) is 23.2 Å². The minimum atomic E-state index is -0.482. The summed E-state index contributed by atoms with van der Waals surface area (Å²) in [7, 11) is 0. The van der Waals surface area contributed by atoms with Gasteiger partial charge in [-0.3, -0.25) is 4.79 Å². The first-order chi connectivity index (χ1) is 13.7. The van der Waals surface area contributed by atoms with Crippen LogP contribution < -0.4 is 5.73 Å². The largest absolute Gasteiger partial charge is 0.361 e. The first kappa shape index (κ1) is 17.5. The average molecular weight is 374 g/mol. The molecule has 1 amide bonds. The molecule has 0 saturated carbocycles. The maximum atomic E-state index is 13.0. The van der Waals surface area contributed by atoms with Crippen LogP contribution in [0.5, 0.6) is 0 Å². The third-order valence-corrected chi connectivity index (χ3v) is 6.93. The van der Waals surface area contributed by atoms with Crippen molar-refractivity contribution in [2.75, 3.05) is 13.1 Å². The van der Waals surface area contributed by atoms with Gasteiger partial charge in [-0.15, -0.1) is 0 Å². The van der Waals surface area contributed by atoms with Gasteiger partial charge in [-0.25, -0.2) is 0 Å². The highest BCUT2D eigenvalue weighted by Crippen LogP contribution is 2.46. The Labute approximate surface area is 165 Å². The lowest BCUT2D eigenvalue weighted by Crippen LogP contribution is -2.50. The SMILES string of the molecule is N[C@H](Cc1c[nH]c2ccccc12)C(=O)N1CCC2(CCc3ccccc32)CC1. The monoisotopic (exact) mass is 373 g/mol. The second-order valence-electron chi connectivity index (χ2n) is 8.43. The van der Waals surface area contributed by atoms with Crippen molar-refractivity contribution in [1.29, 1.82) is 0 Å². The number of rotatable bonds is 3. The fourth-order valence-electron chi connectivity index (χ4n) is 5.30. The van der Waals surface area contributed by atoms with Crippen LogP contribution in [-0.2, 0) is 23.1 Å². The van der Waals surface area contributed by atoms with Crippen LogP contribution in [0.25, 0.3) is 10.9 Å². The van der Waals surface area contributed by atoms with Crippen LogP contribution >= 0.6 is 0 Å². The number of amides is 1. The van der Waals surface area contributed by atoms with E-state index in [1.165, 1.54) is 24.0 Å². The number of aryl methyl sites for hydroxylation is 1. The number of piperidine rings is 1. The molecule has 1 atom stereocenters. The third kappa shape index (κ3) is 2.83. The number of H-pyrrole nitrogens is 1. The number of carbonyl (C=O) groups excluding carboxylic acids is 1. The minimum absolute atomic E-state index is 0.0893. The molecule has 28 heavy (non-hydrogen) atoms. The molecule has 1 aromatic heterocycles. The summed E-state index contributed by atoms with van der Waals surface area (Å²) in [4.78, 5) is 18.3. The molecule has 1 aliphatic carbocycles. The third-order valence-electron chi connectivity index (χ3n) is 6.93. The number of nitrogens with one attached hydrogen (secondary N) is 1. The zero-order chi connectivity index (χ0) is 19.1. The van der Waals surface area contributed by atoms with Gasteiger partial charge in [0.2, 0.25) is 5.91 Å². The number of benzene rings is 2. The standard InChI is InChI=1S/C24H27N3O/c25-21(15-18-16-26-22-8-4-2-6-19(18)22)23(28)27-13-11-24(12-14-27)10-9-17-5-1-3-7-20(17)24/h1-8,16,21,26H,9-15,25H2/t21-/m1/s1. The van der Waals surface area contributed by atoms with Gasteiger partial charge in [0.15, 0.2) is 0 Å². The molecule has 2 aromatic carbocycles. The predicted molar refractivity (Wildman–Crippen MR) is 112 cm³/mol. The smallest absolute Gasteiger partial charge is 0.239 e. The molecule has 1 aliphatic heterocycles. The fourth-order valence-corrected chi connectivity index (χ4v) is 5.30. The Morgan fingerprint density at radius 3 is 2.68 bits per heavy atom. The Balaban J connectivity index is 1.26. The zero-order valence-corrected chi connectivity index (χ0v) is 16.2. The first-order valence-electron chi connectivity index (χ1n) is 10.3. The molecule has 4 heteroatoms. The molecule has 3 N–H and O–H groups in total. The van der Waals surface area contributed by atoms with E-state index in [-0.39, 0.29) is 11.3 Å². The Morgan fingerprint density at radius 2 is 1.82 bits per heavy atom. The quantitative estimate of drug-likeness (QED) is 0.738. The predicted octanol–water partition coefficient (Wildman–Crippen LogP) is 3.54. The lowest BCUT2D eigenvalue weighted by molar-refractivity contribution is -0.134. The number of likely N-dealkylation sites (tertiary alicyclic amines) is 1. The molecular weight excluding hydrogens is 346 g/mol. The summed E-state index contributed by atoms with van der Waals surface area (Å²) in [5.74, 6) is 0.0893. The van der Waals surface area contributed by atoms with Crippen molar-refractivity contribution in [2.24, 2.45) is 5.73 Å². The number of aromatic amines is 1. The lowest BCUT2D eigenvalue weighted by atomic mass is 9.74. The molecule has 144 valence electrons. The number of carbonyl (C=O) groups is 1. The van der Waals surface area contributed by atoms with Gasteiger partial charge < -0.3 is 15.6 Å². The van der Waals surface area contributed by atoms with Crippen LogP contribution in [0.1, 0.15) is 36.0 Å². The number of hydrogen-bond donors (Lipinski definition) is 2. The number of aromatic nitrogens is 1. The molecular formula is C24H27N3O. The summed E-state index contributed by atoms with van der Waals surface area (Å²) >= 11 is 0. The van der Waals surface area contributed by atoms with Crippen molar-refractivity contribution in [3.05, 3.63) is 71.4 Å². The number of nitrogens with two attached hydrogens (primary N) is 1. The van der Waals surface area contributed by atoms with Gasteiger partial charge in [0.05, 0.1) is 6.04 Å². The van der Waals surface area contributed by atoms with E-state index in [2.05, 4.69) is 41.4 Å². The average Bonchev–Trinajstić information content (AvgIpc) is 3.31. The summed E-state index contributed by atoms with van der Waals surface area (Å²) in [6.45, 7) is 1.63. The molecule has 2 heterocycles. The van der Waals surface area contributed by atoms with E-state index < -0.39 is 6.04 Å². The van der Waals surface area contributed by atoms with E-state index in [4.69, 9.17) is 5.73 Å². The van der Waals surface area contributed by atoms with Crippen molar-refractivity contribution in [3.63, 3.8) is 0 Å². The molecule has 5 rings (SSSR count). The summed E-state index contributed by atoms with van der Waals surface area (Å²) in [5.41, 5.74) is 11.9. The zero-order valence-electron chi connectivity index (χ0n) is 16.2. The second kappa shape index (κ2) is 6.78. The highest BCUT2D eigenvalue weighted by Gasteiger charge is 2.42.